The van der Waals surface area contributed by atoms with Crippen LogP contribution in [0.2, 0.25) is 0 Å². The maximum atomic E-state index is 13.0. The first-order chi connectivity index (χ1) is 19.4. The molecule has 0 saturated heterocycles. The van der Waals surface area contributed by atoms with E-state index in [1.165, 1.54) is 30.3 Å². The number of carboxylic acids is 1. The topological polar surface area (TPSA) is 210 Å². The molecule has 4 N–H and O–H groups in total. The van der Waals surface area contributed by atoms with Gasteiger partial charge >= 0.3 is 57.4 Å². The minimum atomic E-state index is -4.57. The summed E-state index contributed by atoms with van der Waals surface area (Å²) in [7, 11) is -8.89. The van der Waals surface area contributed by atoms with Gasteiger partial charge < -0.3 is 10.2 Å². The van der Waals surface area contributed by atoms with E-state index in [9.17, 15) is 36.4 Å². The van der Waals surface area contributed by atoms with E-state index in [2.05, 4.69) is 25.5 Å². The summed E-state index contributed by atoms with van der Waals surface area (Å²) in [5.41, 5.74) is 2.52. The smallest absolute Gasteiger partial charge is 0.871 e. The molecule has 0 saturated carbocycles. The summed E-state index contributed by atoms with van der Waals surface area (Å²) < 4.78 is 60.1. The molecule has 0 aliphatic heterocycles. The van der Waals surface area contributed by atoms with Gasteiger partial charge in [-0.15, -0.1) is 10.2 Å². The molecular formula is C26H20KN5O8S2. The van der Waals surface area contributed by atoms with E-state index in [4.69, 9.17) is 0 Å². The second kappa shape index (κ2) is 14.1. The number of rotatable bonds is 9. The van der Waals surface area contributed by atoms with Crippen LogP contribution in [-0.2, 0) is 20.1 Å². The summed E-state index contributed by atoms with van der Waals surface area (Å²) in [5.74, 6) is -1.86. The van der Waals surface area contributed by atoms with E-state index in [0.29, 0.717) is 5.56 Å². The van der Waals surface area contributed by atoms with E-state index < -0.39 is 36.8 Å². The Morgan fingerprint density at radius 2 is 1.50 bits per heavy atom. The summed E-state index contributed by atoms with van der Waals surface area (Å²) in [6.45, 7) is 0. The fourth-order valence-electron chi connectivity index (χ4n) is 3.39. The van der Waals surface area contributed by atoms with Gasteiger partial charge in [0.1, 0.15) is 5.69 Å². The van der Waals surface area contributed by atoms with Crippen molar-refractivity contribution in [1.82, 2.24) is 0 Å². The number of benzene rings is 4. The zero-order valence-corrected chi connectivity index (χ0v) is 26.5. The van der Waals surface area contributed by atoms with E-state index in [-0.39, 0.29) is 84.7 Å². The number of aromatic carboxylic acids is 1. The van der Waals surface area contributed by atoms with Crippen LogP contribution in [0.15, 0.2) is 122 Å². The van der Waals surface area contributed by atoms with E-state index in [0.717, 1.165) is 30.3 Å². The van der Waals surface area contributed by atoms with Gasteiger partial charge in [-0.2, -0.15) is 13.5 Å². The molecule has 0 heterocycles. The number of nitrogens with zero attached hydrogens (tertiary/aromatic N) is 3. The second-order valence-electron chi connectivity index (χ2n) is 8.20. The van der Waals surface area contributed by atoms with Gasteiger partial charge in [0.05, 0.1) is 21.0 Å². The van der Waals surface area contributed by atoms with Crippen LogP contribution in [0.4, 0.5) is 17.1 Å². The van der Waals surface area contributed by atoms with Gasteiger partial charge in [-0.25, -0.2) is 13.2 Å². The van der Waals surface area contributed by atoms with Crippen molar-refractivity contribution in [2.75, 3.05) is 10.1 Å². The van der Waals surface area contributed by atoms with Crippen molar-refractivity contribution in [3.8, 4) is 5.75 Å². The molecule has 4 rings (SSSR count). The Kier molecular flexibility index (Phi) is 11.1. The van der Waals surface area contributed by atoms with Crippen molar-refractivity contribution in [1.29, 1.82) is 0 Å². The van der Waals surface area contributed by atoms with Crippen molar-refractivity contribution in [3.05, 3.63) is 108 Å². The average molecular weight is 634 g/mol. The number of nitrogens with one attached hydrogen (secondary N) is 2. The van der Waals surface area contributed by atoms with Crippen LogP contribution in [-0.4, -0.2) is 38.3 Å². The summed E-state index contributed by atoms with van der Waals surface area (Å²) in [4.78, 5) is 10.6. The molecule has 13 nitrogen and oxygen atoms in total. The molecule has 0 fully saturated rings. The fourth-order valence-corrected chi connectivity index (χ4v) is 4.99. The average Bonchev–Trinajstić information content (AvgIpc) is 2.94. The first-order valence-corrected chi connectivity index (χ1v) is 14.4. The normalized spacial score (nSPS) is 12.0. The summed E-state index contributed by atoms with van der Waals surface area (Å²) in [6, 6.07) is 21.9. The predicted octanol–water partition coefficient (Wildman–Crippen LogP) is 1.07. The van der Waals surface area contributed by atoms with Crippen LogP contribution in [0.25, 0.3) is 0 Å². The monoisotopic (exact) mass is 633 g/mol. The van der Waals surface area contributed by atoms with Crippen molar-refractivity contribution >= 4 is 49.0 Å². The van der Waals surface area contributed by atoms with Crippen LogP contribution in [0, 0.1) is 0 Å². The zero-order chi connectivity index (χ0) is 29.6. The molecule has 0 amide bonds. The minimum absolute atomic E-state index is 0. The van der Waals surface area contributed by atoms with E-state index in [1.54, 1.807) is 36.4 Å². The van der Waals surface area contributed by atoms with E-state index in [1.807, 2.05) is 0 Å². The number of hydrogen-bond donors (Lipinski definition) is 4. The molecular weight excluding hydrogens is 614 g/mol. The molecule has 0 aromatic heterocycles. The summed E-state index contributed by atoms with van der Waals surface area (Å²) in [6.07, 6.45) is 0. The third-order valence-electron chi connectivity index (χ3n) is 5.35. The number of anilines is 2. The summed E-state index contributed by atoms with van der Waals surface area (Å²) >= 11 is 0. The minimum Gasteiger partial charge on any atom is -0.871 e. The standard InChI is InChI=1S/C26H21N5O8S2.K/c32-24-14-13-19(40(35,36)31-18-9-6-10-20(15-18)41(37,38)39)16-23(24)28-30-25(17-7-2-1-3-8-17)29-27-22-12-5-4-11-21(22)26(33)34;/h1-16,28,31-32H,(H,33,34)(H,37,38,39);/q;+1/p-1. The van der Waals surface area contributed by atoms with Crippen molar-refractivity contribution in [2.45, 2.75) is 9.79 Å². The van der Waals surface area contributed by atoms with Crippen LogP contribution >= 0.6 is 0 Å². The first-order valence-electron chi connectivity index (χ1n) is 11.5. The van der Waals surface area contributed by atoms with Crippen LogP contribution in [0.1, 0.15) is 15.9 Å². The maximum absolute atomic E-state index is 13.0. The van der Waals surface area contributed by atoms with E-state index >= 15 is 0 Å². The Labute approximate surface area is 283 Å². The number of sulfonamides is 1. The SMILES string of the molecule is O=C(O)c1ccccc1N=NC(=NNc1cc(S(=O)(=O)Nc2cccc(S(=O)(=O)O)c2)ccc1[O-])c1ccccc1.[K+]. The molecule has 0 aliphatic carbocycles. The molecule has 4 aromatic rings. The third kappa shape index (κ3) is 8.52. The number of azo groups is 1. The van der Waals surface area contributed by atoms with Gasteiger partial charge in [-0.05, 0) is 42.5 Å². The number of hydrazone groups is 1. The number of carboxylic acid groups (broad SMARTS) is 1. The largest absolute Gasteiger partial charge is 1.00 e. The summed E-state index contributed by atoms with van der Waals surface area (Å²) in [5, 5.41) is 34.1. The molecule has 42 heavy (non-hydrogen) atoms. The Balaban J connectivity index is 0.00000484. The fraction of sp³-hybridized carbons (Fsp3) is 0. The van der Waals surface area contributed by atoms with Gasteiger partial charge in [-0.1, -0.05) is 60.3 Å². The molecule has 0 bridgehead atoms. The molecule has 210 valence electrons. The molecule has 0 radical (unpaired) electrons. The van der Waals surface area contributed by atoms with Crippen molar-refractivity contribution in [2.24, 2.45) is 15.3 Å². The first kappa shape index (κ1) is 33.0. The van der Waals surface area contributed by atoms with Crippen molar-refractivity contribution in [3.63, 3.8) is 0 Å². The second-order valence-corrected chi connectivity index (χ2v) is 11.3. The molecule has 4 aromatic carbocycles. The zero-order valence-electron chi connectivity index (χ0n) is 21.7. The van der Waals surface area contributed by atoms with Crippen LogP contribution < -0.4 is 66.6 Å². The van der Waals surface area contributed by atoms with Crippen LogP contribution in [0.3, 0.4) is 0 Å². The Morgan fingerprint density at radius 3 is 2.19 bits per heavy atom. The molecule has 0 unspecified atom stereocenters. The Bertz CT molecular complexity index is 1880. The quantitative estimate of drug-likeness (QED) is 0.0518. The number of hydrogen-bond acceptors (Lipinski definition) is 9. The van der Waals surface area contributed by atoms with Gasteiger partial charge in [0.2, 0.25) is 5.84 Å². The van der Waals surface area contributed by atoms with Crippen LogP contribution in [0.5, 0.6) is 5.75 Å². The third-order valence-corrected chi connectivity index (χ3v) is 7.58. The Hall–Kier alpha value is -3.48. The maximum Gasteiger partial charge on any atom is 1.00 e. The van der Waals surface area contributed by atoms with Gasteiger partial charge in [0.25, 0.3) is 20.1 Å². The molecule has 0 aliphatic rings. The molecule has 16 heteroatoms. The molecule has 0 atom stereocenters. The molecule has 0 spiro atoms. The van der Waals surface area contributed by atoms with Gasteiger partial charge in [0.15, 0.2) is 0 Å². The predicted molar refractivity (Wildman–Crippen MR) is 147 cm³/mol. The number of carbonyl (C=O) groups is 1. The van der Waals surface area contributed by atoms with Gasteiger partial charge in [0, 0.05) is 11.3 Å². The van der Waals surface area contributed by atoms with Crippen molar-refractivity contribution < 1.29 is 87.8 Å². The Morgan fingerprint density at radius 1 is 0.810 bits per heavy atom. The van der Waals surface area contributed by atoms with Gasteiger partial charge in [-0.3, -0.25) is 14.7 Å². The number of amidine groups is 1.